The summed E-state index contributed by atoms with van der Waals surface area (Å²) >= 11 is 1.51. The Bertz CT molecular complexity index is 768. The highest BCUT2D eigenvalue weighted by Crippen LogP contribution is 2.13. The fourth-order valence-electron chi connectivity index (χ4n) is 2.08. The monoisotopic (exact) mass is 330 g/mol. The summed E-state index contributed by atoms with van der Waals surface area (Å²) in [6.07, 6.45) is 4.45. The summed E-state index contributed by atoms with van der Waals surface area (Å²) < 4.78 is 14.5. The lowest BCUT2D eigenvalue weighted by Crippen LogP contribution is -2.27. The van der Waals surface area contributed by atoms with Crippen LogP contribution >= 0.6 is 11.3 Å². The lowest BCUT2D eigenvalue weighted by atomic mass is 10.1. The molecule has 0 aliphatic rings. The van der Waals surface area contributed by atoms with Gasteiger partial charge in [0.2, 0.25) is 11.0 Å². The SMILES string of the molecule is O=C(Cc1ccc(F)cc1)NCCc1csc(-n2cccn2)n1. The first-order valence-electron chi connectivity index (χ1n) is 7.16. The van der Waals surface area contributed by atoms with Crippen LogP contribution in [-0.2, 0) is 17.6 Å². The minimum atomic E-state index is -0.300. The second kappa shape index (κ2) is 7.15. The molecule has 118 valence electrons. The number of nitrogens with one attached hydrogen (secondary N) is 1. The molecular formula is C16H15FN4OS. The molecule has 0 saturated heterocycles. The van der Waals surface area contributed by atoms with Crippen molar-refractivity contribution in [2.24, 2.45) is 0 Å². The summed E-state index contributed by atoms with van der Waals surface area (Å²) in [6.45, 7) is 0.516. The number of aromatic nitrogens is 3. The number of hydrogen-bond acceptors (Lipinski definition) is 4. The highest BCUT2D eigenvalue weighted by molar-refractivity contribution is 7.12. The lowest BCUT2D eigenvalue weighted by Gasteiger charge is -2.04. The Hall–Kier alpha value is -2.54. The molecule has 3 rings (SSSR count). The van der Waals surface area contributed by atoms with Gasteiger partial charge in [-0.3, -0.25) is 4.79 Å². The normalized spacial score (nSPS) is 10.7. The van der Waals surface area contributed by atoms with Crippen molar-refractivity contribution < 1.29 is 9.18 Å². The third-order valence-electron chi connectivity index (χ3n) is 3.22. The zero-order valence-electron chi connectivity index (χ0n) is 12.3. The number of nitrogens with zero attached hydrogens (tertiary/aromatic N) is 3. The molecule has 1 amide bonds. The Kier molecular flexibility index (Phi) is 4.77. The number of rotatable bonds is 6. The van der Waals surface area contributed by atoms with E-state index in [1.807, 2.05) is 17.6 Å². The summed E-state index contributed by atoms with van der Waals surface area (Å²) in [5, 5.41) is 9.75. The van der Waals surface area contributed by atoms with E-state index in [4.69, 9.17) is 0 Å². The van der Waals surface area contributed by atoms with E-state index in [0.717, 1.165) is 16.4 Å². The zero-order valence-corrected chi connectivity index (χ0v) is 13.1. The molecule has 3 aromatic rings. The van der Waals surface area contributed by atoms with Crippen LogP contribution in [0.3, 0.4) is 0 Å². The Balaban J connectivity index is 1.46. The molecule has 0 fully saturated rings. The van der Waals surface area contributed by atoms with Gasteiger partial charge >= 0.3 is 0 Å². The van der Waals surface area contributed by atoms with Crippen LogP contribution in [0.25, 0.3) is 5.13 Å². The van der Waals surface area contributed by atoms with Crippen LogP contribution in [0.5, 0.6) is 0 Å². The summed E-state index contributed by atoms with van der Waals surface area (Å²) in [5.41, 5.74) is 1.71. The van der Waals surface area contributed by atoms with Crippen molar-refractivity contribution in [2.75, 3.05) is 6.54 Å². The quantitative estimate of drug-likeness (QED) is 0.755. The van der Waals surface area contributed by atoms with Gasteiger partial charge in [-0.25, -0.2) is 14.1 Å². The van der Waals surface area contributed by atoms with Crippen LogP contribution in [-0.4, -0.2) is 27.2 Å². The summed E-state index contributed by atoms with van der Waals surface area (Å²) in [4.78, 5) is 16.3. The molecule has 23 heavy (non-hydrogen) atoms. The maximum Gasteiger partial charge on any atom is 0.224 e. The Morgan fingerprint density at radius 2 is 2.13 bits per heavy atom. The minimum Gasteiger partial charge on any atom is -0.355 e. The number of halogens is 1. The van der Waals surface area contributed by atoms with E-state index in [1.165, 1.54) is 23.5 Å². The van der Waals surface area contributed by atoms with E-state index in [2.05, 4.69) is 15.4 Å². The molecule has 0 atom stereocenters. The van der Waals surface area contributed by atoms with Gasteiger partial charge in [0.15, 0.2) is 0 Å². The van der Waals surface area contributed by atoms with Crippen molar-refractivity contribution in [3.05, 3.63) is 65.2 Å². The van der Waals surface area contributed by atoms with Crippen LogP contribution in [0.2, 0.25) is 0 Å². The van der Waals surface area contributed by atoms with Gasteiger partial charge in [0, 0.05) is 30.7 Å². The molecule has 1 aromatic carbocycles. The maximum atomic E-state index is 12.8. The number of thiazole rings is 1. The summed E-state index contributed by atoms with van der Waals surface area (Å²) in [6, 6.07) is 7.79. The van der Waals surface area contributed by atoms with Crippen molar-refractivity contribution in [1.29, 1.82) is 0 Å². The van der Waals surface area contributed by atoms with E-state index in [9.17, 15) is 9.18 Å². The first-order valence-corrected chi connectivity index (χ1v) is 8.04. The Labute approximate surface area is 136 Å². The number of carbonyl (C=O) groups excluding carboxylic acids is 1. The smallest absolute Gasteiger partial charge is 0.224 e. The van der Waals surface area contributed by atoms with E-state index in [0.29, 0.717) is 13.0 Å². The molecule has 0 saturated carbocycles. The fraction of sp³-hybridized carbons (Fsp3) is 0.188. The summed E-state index contributed by atoms with van der Waals surface area (Å²) in [7, 11) is 0. The average molecular weight is 330 g/mol. The number of carbonyl (C=O) groups is 1. The van der Waals surface area contributed by atoms with Crippen LogP contribution in [0.4, 0.5) is 4.39 Å². The van der Waals surface area contributed by atoms with Crippen molar-refractivity contribution in [1.82, 2.24) is 20.1 Å². The van der Waals surface area contributed by atoms with Gasteiger partial charge in [0.05, 0.1) is 12.1 Å². The van der Waals surface area contributed by atoms with E-state index in [-0.39, 0.29) is 18.1 Å². The van der Waals surface area contributed by atoms with Gasteiger partial charge in [-0.1, -0.05) is 12.1 Å². The van der Waals surface area contributed by atoms with Gasteiger partial charge in [0.1, 0.15) is 5.82 Å². The topological polar surface area (TPSA) is 59.8 Å². The second-order valence-electron chi connectivity index (χ2n) is 4.98. The third kappa shape index (κ3) is 4.23. The maximum absolute atomic E-state index is 12.8. The number of amides is 1. The second-order valence-corrected chi connectivity index (χ2v) is 5.81. The largest absolute Gasteiger partial charge is 0.355 e. The molecule has 2 aromatic heterocycles. The summed E-state index contributed by atoms with van der Waals surface area (Å²) in [5.74, 6) is -0.384. The molecule has 1 N–H and O–H groups in total. The van der Waals surface area contributed by atoms with Crippen LogP contribution in [0.15, 0.2) is 48.1 Å². The Morgan fingerprint density at radius 3 is 2.87 bits per heavy atom. The lowest BCUT2D eigenvalue weighted by molar-refractivity contribution is -0.120. The van der Waals surface area contributed by atoms with Gasteiger partial charge in [-0.2, -0.15) is 5.10 Å². The first kappa shape index (κ1) is 15.4. The van der Waals surface area contributed by atoms with Gasteiger partial charge in [0.25, 0.3) is 0 Å². The molecule has 0 spiro atoms. The molecule has 5 nitrogen and oxygen atoms in total. The van der Waals surface area contributed by atoms with Crippen molar-refractivity contribution >= 4 is 17.2 Å². The van der Waals surface area contributed by atoms with Gasteiger partial charge < -0.3 is 5.32 Å². The van der Waals surface area contributed by atoms with Gasteiger partial charge in [-0.05, 0) is 23.8 Å². The van der Waals surface area contributed by atoms with Crippen LogP contribution < -0.4 is 5.32 Å². The molecule has 0 aliphatic heterocycles. The third-order valence-corrected chi connectivity index (χ3v) is 4.10. The standard InChI is InChI=1S/C16H15FN4OS/c17-13-4-2-12(3-5-13)10-15(22)18-8-6-14-11-23-16(20-14)21-9-1-7-19-21/h1-5,7,9,11H,6,8,10H2,(H,18,22). The van der Waals surface area contributed by atoms with E-state index < -0.39 is 0 Å². The van der Waals surface area contributed by atoms with Crippen LogP contribution in [0.1, 0.15) is 11.3 Å². The predicted octanol–water partition coefficient (Wildman–Crippen LogP) is 2.37. The molecule has 0 bridgehead atoms. The number of hydrogen-bond donors (Lipinski definition) is 1. The number of benzene rings is 1. The van der Waals surface area contributed by atoms with E-state index in [1.54, 1.807) is 23.0 Å². The molecule has 0 radical (unpaired) electrons. The highest BCUT2D eigenvalue weighted by Gasteiger charge is 2.06. The molecule has 7 heteroatoms. The molecule has 2 heterocycles. The fourth-order valence-corrected chi connectivity index (χ4v) is 2.88. The van der Waals surface area contributed by atoms with Crippen molar-refractivity contribution in [3.8, 4) is 5.13 Å². The van der Waals surface area contributed by atoms with Gasteiger partial charge in [-0.15, -0.1) is 11.3 Å². The van der Waals surface area contributed by atoms with Crippen LogP contribution in [0, 0.1) is 5.82 Å². The zero-order chi connectivity index (χ0) is 16.1. The highest BCUT2D eigenvalue weighted by atomic mass is 32.1. The predicted molar refractivity (Wildman–Crippen MR) is 86.1 cm³/mol. The van der Waals surface area contributed by atoms with Crippen molar-refractivity contribution in [2.45, 2.75) is 12.8 Å². The average Bonchev–Trinajstić information content (AvgIpc) is 3.20. The molecular weight excluding hydrogens is 315 g/mol. The van der Waals surface area contributed by atoms with E-state index >= 15 is 0 Å². The minimum absolute atomic E-state index is 0.0841. The first-order chi connectivity index (χ1) is 11.2. The Morgan fingerprint density at radius 1 is 1.30 bits per heavy atom. The molecule has 0 aliphatic carbocycles. The molecule has 0 unspecified atom stereocenters. The van der Waals surface area contributed by atoms with Crippen molar-refractivity contribution in [3.63, 3.8) is 0 Å².